The molecule has 180 valence electrons. The maximum absolute atomic E-state index is 12.8. The number of rotatable bonds is 7. The Kier molecular flexibility index (Phi) is 8.08. The van der Waals surface area contributed by atoms with Gasteiger partial charge in [-0.3, -0.25) is 0 Å². The highest BCUT2D eigenvalue weighted by molar-refractivity contribution is 7.90. The predicted molar refractivity (Wildman–Crippen MR) is 108 cm³/mol. The van der Waals surface area contributed by atoms with Gasteiger partial charge in [-0.25, -0.2) is 5.01 Å². The van der Waals surface area contributed by atoms with Crippen molar-refractivity contribution in [2.75, 3.05) is 13.1 Å². The van der Waals surface area contributed by atoms with E-state index in [0.29, 0.717) is 0 Å². The summed E-state index contributed by atoms with van der Waals surface area (Å²) in [6, 6.07) is 5.26. The molecule has 6 nitrogen and oxygen atoms in total. The van der Waals surface area contributed by atoms with Crippen LogP contribution in [0.4, 0.5) is 26.3 Å². The van der Waals surface area contributed by atoms with Crippen LogP contribution >= 0.6 is 11.6 Å². The molecule has 2 rings (SSSR count). The zero-order valence-corrected chi connectivity index (χ0v) is 18.4. The SMILES string of the molecule is CCN/C(=N\S(=O)(=O)c1cccc(Cl)c1)N1CC(CCC(F)(F)F)(CCC(F)(F)F)C=N1. The van der Waals surface area contributed by atoms with E-state index < -0.39 is 60.0 Å². The van der Waals surface area contributed by atoms with Crippen LogP contribution in [0.5, 0.6) is 0 Å². The van der Waals surface area contributed by atoms with Crippen LogP contribution in [-0.2, 0) is 10.0 Å². The van der Waals surface area contributed by atoms with Crippen LogP contribution in [0.1, 0.15) is 32.6 Å². The summed E-state index contributed by atoms with van der Waals surface area (Å²) in [5.74, 6) is -0.315. The molecule has 0 fully saturated rings. The third-order valence-corrected chi connectivity index (χ3v) is 6.13. The van der Waals surface area contributed by atoms with Crippen molar-refractivity contribution in [3.05, 3.63) is 29.3 Å². The Bertz CT molecular complexity index is 945. The van der Waals surface area contributed by atoms with Crippen molar-refractivity contribution in [1.29, 1.82) is 0 Å². The molecule has 1 aromatic carbocycles. The van der Waals surface area contributed by atoms with E-state index in [1.165, 1.54) is 18.2 Å². The minimum Gasteiger partial charge on any atom is -0.354 e. The number of hydrogen-bond acceptors (Lipinski definition) is 3. The van der Waals surface area contributed by atoms with E-state index in [0.717, 1.165) is 17.3 Å². The van der Waals surface area contributed by atoms with E-state index in [1.807, 2.05) is 0 Å². The Balaban J connectivity index is 2.32. The van der Waals surface area contributed by atoms with Gasteiger partial charge in [-0.2, -0.15) is 39.9 Å². The first kappa shape index (κ1) is 26.2. The van der Waals surface area contributed by atoms with Gasteiger partial charge in [-0.15, -0.1) is 4.40 Å². The highest BCUT2D eigenvalue weighted by Gasteiger charge is 2.43. The van der Waals surface area contributed by atoms with Gasteiger partial charge in [0.15, 0.2) is 0 Å². The summed E-state index contributed by atoms with van der Waals surface area (Å²) in [6.07, 6.45) is -12.0. The molecular weight excluding hydrogens is 486 g/mol. The van der Waals surface area contributed by atoms with Gasteiger partial charge in [0.05, 0.1) is 11.4 Å². The summed E-state index contributed by atoms with van der Waals surface area (Å²) in [6.45, 7) is 1.39. The Morgan fingerprint density at radius 2 is 1.78 bits per heavy atom. The van der Waals surface area contributed by atoms with Gasteiger partial charge in [0, 0.05) is 36.0 Å². The summed E-state index contributed by atoms with van der Waals surface area (Å²) in [4.78, 5) is -0.232. The van der Waals surface area contributed by atoms with E-state index in [1.54, 1.807) is 6.92 Å². The summed E-state index contributed by atoms with van der Waals surface area (Å²) in [7, 11) is -4.28. The number of halogens is 7. The largest absolute Gasteiger partial charge is 0.389 e. The number of nitrogens with one attached hydrogen (secondary N) is 1. The molecule has 0 bridgehead atoms. The molecule has 1 aliphatic heterocycles. The fourth-order valence-corrected chi connectivity index (χ4v) is 4.29. The number of nitrogens with zero attached hydrogens (tertiary/aromatic N) is 3. The molecule has 0 amide bonds. The number of sulfonamides is 1. The smallest absolute Gasteiger partial charge is 0.354 e. The van der Waals surface area contributed by atoms with Gasteiger partial charge in [0.1, 0.15) is 0 Å². The van der Waals surface area contributed by atoms with Crippen LogP contribution in [0.25, 0.3) is 0 Å². The third-order valence-electron chi connectivity index (χ3n) is 4.63. The molecule has 0 unspecified atom stereocenters. The summed E-state index contributed by atoms with van der Waals surface area (Å²) >= 11 is 5.81. The summed E-state index contributed by atoms with van der Waals surface area (Å²) < 4.78 is 106. The lowest BCUT2D eigenvalue weighted by molar-refractivity contribution is -0.146. The fraction of sp³-hybridized carbons (Fsp3) is 0.556. The Hall–Kier alpha value is -2.02. The average Bonchev–Trinajstić information content (AvgIpc) is 3.08. The van der Waals surface area contributed by atoms with Crippen molar-refractivity contribution < 1.29 is 34.8 Å². The molecular formula is C18H21ClF6N4O2S. The van der Waals surface area contributed by atoms with Crippen LogP contribution < -0.4 is 5.32 Å². The van der Waals surface area contributed by atoms with E-state index >= 15 is 0 Å². The van der Waals surface area contributed by atoms with Crippen molar-refractivity contribution in [3.8, 4) is 0 Å². The lowest BCUT2D eigenvalue weighted by Gasteiger charge is -2.29. The first-order valence-corrected chi connectivity index (χ1v) is 11.3. The quantitative estimate of drug-likeness (QED) is 0.322. The van der Waals surface area contributed by atoms with Crippen molar-refractivity contribution in [2.45, 2.75) is 49.9 Å². The first-order valence-electron chi connectivity index (χ1n) is 9.45. The molecule has 0 atom stereocenters. The van der Waals surface area contributed by atoms with Gasteiger partial charge in [-0.1, -0.05) is 17.7 Å². The minimum atomic E-state index is -4.57. The van der Waals surface area contributed by atoms with Crippen LogP contribution in [0.3, 0.4) is 0 Å². The molecule has 1 N–H and O–H groups in total. The van der Waals surface area contributed by atoms with Crippen LogP contribution in [0, 0.1) is 5.41 Å². The Morgan fingerprint density at radius 3 is 2.28 bits per heavy atom. The third kappa shape index (κ3) is 7.84. The zero-order valence-electron chi connectivity index (χ0n) is 16.8. The molecule has 0 aliphatic carbocycles. The summed E-state index contributed by atoms with van der Waals surface area (Å²) in [5, 5.41) is 7.66. The van der Waals surface area contributed by atoms with Crippen LogP contribution in [-0.4, -0.2) is 51.0 Å². The maximum Gasteiger partial charge on any atom is 0.389 e. The van der Waals surface area contributed by atoms with Crippen LogP contribution in [0.15, 0.2) is 38.7 Å². The minimum absolute atomic E-state index is 0.142. The normalized spacial score (nSPS) is 17.1. The van der Waals surface area contributed by atoms with E-state index in [-0.39, 0.29) is 22.4 Å². The van der Waals surface area contributed by atoms with E-state index in [2.05, 4.69) is 14.8 Å². The van der Waals surface area contributed by atoms with Gasteiger partial charge in [0.2, 0.25) is 5.96 Å². The van der Waals surface area contributed by atoms with Gasteiger partial charge in [-0.05, 0) is 38.0 Å². The van der Waals surface area contributed by atoms with Gasteiger partial charge >= 0.3 is 12.4 Å². The highest BCUT2D eigenvalue weighted by Crippen LogP contribution is 2.39. The van der Waals surface area contributed by atoms with Crippen molar-refractivity contribution in [1.82, 2.24) is 10.3 Å². The monoisotopic (exact) mass is 506 g/mol. The van der Waals surface area contributed by atoms with Crippen molar-refractivity contribution in [2.24, 2.45) is 14.9 Å². The van der Waals surface area contributed by atoms with Gasteiger partial charge < -0.3 is 5.32 Å². The van der Waals surface area contributed by atoms with Gasteiger partial charge in [0.25, 0.3) is 10.0 Å². The predicted octanol–water partition coefficient (Wildman–Crippen LogP) is 4.97. The molecule has 1 aromatic rings. The molecule has 0 radical (unpaired) electrons. The summed E-state index contributed by atoms with van der Waals surface area (Å²) in [5.41, 5.74) is -1.55. The molecule has 0 saturated heterocycles. The number of hydrazone groups is 1. The Morgan fingerprint density at radius 1 is 1.19 bits per heavy atom. The second-order valence-electron chi connectivity index (χ2n) is 7.27. The standard InChI is InChI=1S/C18H21ClF6N4O2S/c1-2-26-15(28-32(30,31)14-5-3-4-13(19)10-14)29-12-16(11-27-29,6-8-17(20,21)22)7-9-18(23,24)25/h3-5,10-11H,2,6-9,12H2,1H3,(H,26,28). The van der Waals surface area contributed by atoms with E-state index in [4.69, 9.17) is 11.6 Å². The molecule has 0 aromatic heterocycles. The second-order valence-corrected chi connectivity index (χ2v) is 9.31. The number of hydrogen-bond donors (Lipinski definition) is 1. The van der Waals surface area contributed by atoms with E-state index in [9.17, 15) is 34.8 Å². The number of guanidine groups is 1. The maximum atomic E-state index is 12.8. The Labute approximate surface area is 186 Å². The van der Waals surface area contributed by atoms with Crippen molar-refractivity contribution >= 4 is 33.8 Å². The molecule has 0 spiro atoms. The van der Waals surface area contributed by atoms with Crippen LogP contribution in [0.2, 0.25) is 5.02 Å². The lowest BCUT2D eigenvalue weighted by Crippen LogP contribution is -2.41. The number of alkyl halides is 6. The fourth-order valence-electron chi connectivity index (χ4n) is 3.02. The lowest BCUT2D eigenvalue weighted by atomic mass is 9.80. The van der Waals surface area contributed by atoms with Crippen molar-refractivity contribution in [3.63, 3.8) is 0 Å². The zero-order chi connectivity index (χ0) is 24.2. The molecule has 32 heavy (non-hydrogen) atoms. The molecule has 0 saturated carbocycles. The average molecular weight is 507 g/mol. The molecule has 1 heterocycles. The highest BCUT2D eigenvalue weighted by atomic mass is 35.5. The molecule has 1 aliphatic rings. The number of benzene rings is 1. The first-order chi connectivity index (χ1) is 14.6. The topological polar surface area (TPSA) is 74.1 Å². The second kappa shape index (κ2) is 9.86. The molecule has 14 heteroatoms.